The summed E-state index contributed by atoms with van der Waals surface area (Å²) in [6.45, 7) is 0. The van der Waals surface area contributed by atoms with Crippen molar-refractivity contribution in [1.82, 2.24) is 0 Å². The van der Waals surface area contributed by atoms with E-state index < -0.39 is 10.0 Å². The highest BCUT2D eigenvalue weighted by Crippen LogP contribution is 2.04. The molecule has 1 rings (SSSR count). The van der Waals surface area contributed by atoms with E-state index in [0.29, 0.717) is 12.8 Å². The zero-order valence-corrected chi connectivity index (χ0v) is 10.0. The van der Waals surface area contributed by atoms with E-state index in [1.54, 1.807) is 0 Å². The van der Waals surface area contributed by atoms with Crippen LogP contribution in [0.5, 0.6) is 0 Å². The maximum Gasteiger partial charge on any atom is 0.235 e. The average Bonchev–Trinajstić information content (AvgIpc) is 2.30. The SMILES string of the molecule is [N-]=[N+]=NS(=O)(=O)CCC/C=C/c1ccccc1. The lowest BCUT2D eigenvalue weighted by molar-refractivity contribution is 0.595. The molecule has 5 nitrogen and oxygen atoms in total. The Morgan fingerprint density at radius 3 is 2.65 bits per heavy atom. The van der Waals surface area contributed by atoms with Gasteiger partial charge in [0.2, 0.25) is 10.0 Å². The van der Waals surface area contributed by atoms with Crippen molar-refractivity contribution in [2.75, 3.05) is 5.75 Å². The number of unbranched alkanes of at least 4 members (excludes halogenated alkanes) is 1. The van der Waals surface area contributed by atoms with Gasteiger partial charge in [-0.05, 0) is 23.9 Å². The number of hydrogen-bond donors (Lipinski definition) is 0. The van der Waals surface area contributed by atoms with Crippen molar-refractivity contribution in [2.24, 2.45) is 4.52 Å². The molecule has 0 N–H and O–H groups in total. The van der Waals surface area contributed by atoms with Gasteiger partial charge in [0.15, 0.2) is 0 Å². The van der Waals surface area contributed by atoms with Crippen LogP contribution in [0.4, 0.5) is 0 Å². The molecule has 0 spiro atoms. The number of allylic oxidation sites excluding steroid dienone is 1. The molecule has 1 aromatic carbocycles. The maximum absolute atomic E-state index is 11.0. The molecule has 0 bridgehead atoms. The monoisotopic (exact) mass is 251 g/mol. The Morgan fingerprint density at radius 1 is 1.29 bits per heavy atom. The standard InChI is InChI=1S/C11H13N3O2S/c12-13-14-17(15,16)10-6-2-5-9-11-7-3-1-4-8-11/h1,3-5,7-9H,2,6,10H2/b9-5+. The van der Waals surface area contributed by atoms with Crippen LogP contribution in [0, 0.1) is 0 Å². The highest BCUT2D eigenvalue weighted by Gasteiger charge is 2.05. The van der Waals surface area contributed by atoms with E-state index in [1.165, 1.54) is 0 Å². The minimum absolute atomic E-state index is 0.115. The predicted molar refractivity (Wildman–Crippen MR) is 67.6 cm³/mol. The quantitative estimate of drug-likeness (QED) is 0.337. The van der Waals surface area contributed by atoms with E-state index in [0.717, 1.165) is 5.56 Å². The third-order valence-electron chi connectivity index (χ3n) is 2.04. The minimum atomic E-state index is -3.60. The summed E-state index contributed by atoms with van der Waals surface area (Å²) in [5.41, 5.74) is 9.09. The second kappa shape index (κ2) is 6.73. The van der Waals surface area contributed by atoms with E-state index in [9.17, 15) is 8.42 Å². The van der Waals surface area contributed by atoms with Crippen LogP contribution in [-0.2, 0) is 10.0 Å². The van der Waals surface area contributed by atoms with Crippen LogP contribution < -0.4 is 0 Å². The lowest BCUT2D eigenvalue weighted by Gasteiger charge is -1.94. The van der Waals surface area contributed by atoms with Crippen molar-refractivity contribution in [2.45, 2.75) is 12.8 Å². The maximum atomic E-state index is 11.0. The lowest BCUT2D eigenvalue weighted by atomic mass is 10.2. The summed E-state index contributed by atoms with van der Waals surface area (Å²) in [7, 11) is -3.60. The Hall–Kier alpha value is -1.78. The molecular weight excluding hydrogens is 238 g/mol. The highest BCUT2D eigenvalue weighted by molar-refractivity contribution is 7.89. The van der Waals surface area contributed by atoms with Crippen molar-refractivity contribution in [3.8, 4) is 0 Å². The molecule has 0 atom stereocenters. The first kappa shape index (κ1) is 13.3. The van der Waals surface area contributed by atoms with Crippen LogP contribution in [0.15, 0.2) is 40.9 Å². The summed E-state index contributed by atoms with van der Waals surface area (Å²) in [5, 5.41) is 0. The second-order valence-corrected chi connectivity index (χ2v) is 5.15. The van der Waals surface area contributed by atoms with Crippen molar-refractivity contribution in [3.05, 3.63) is 52.4 Å². The van der Waals surface area contributed by atoms with E-state index in [2.05, 4.69) is 9.43 Å². The lowest BCUT2D eigenvalue weighted by Crippen LogP contribution is -2.00. The molecule has 0 aliphatic rings. The number of hydrogen-bond acceptors (Lipinski definition) is 2. The Kier molecular flexibility index (Phi) is 5.26. The van der Waals surface area contributed by atoms with E-state index in [4.69, 9.17) is 5.53 Å². The molecule has 0 heterocycles. The van der Waals surface area contributed by atoms with Gasteiger partial charge >= 0.3 is 0 Å². The van der Waals surface area contributed by atoms with Gasteiger partial charge in [0.25, 0.3) is 0 Å². The Labute approximate surface area is 100 Å². The van der Waals surface area contributed by atoms with Crippen molar-refractivity contribution >= 4 is 16.1 Å². The fourth-order valence-electron chi connectivity index (χ4n) is 1.26. The normalized spacial score (nSPS) is 11.3. The molecule has 0 aliphatic carbocycles. The smallest absolute Gasteiger partial charge is 0.221 e. The molecule has 0 unspecified atom stereocenters. The average molecular weight is 251 g/mol. The fraction of sp³-hybridized carbons (Fsp3) is 0.273. The van der Waals surface area contributed by atoms with Gasteiger partial charge in [0.05, 0.1) is 5.75 Å². The topological polar surface area (TPSA) is 82.9 Å². The van der Waals surface area contributed by atoms with Crippen LogP contribution in [-0.4, -0.2) is 14.2 Å². The number of benzene rings is 1. The third kappa shape index (κ3) is 5.75. The van der Waals surface area contributed by atoms with Gasteiger partial charge in [-0.1, -0.05) is 42.5 Å². The molecule has 0 saturated carbocycles. The summed E-state index contributed by atoms with van der Waals surface area (Å²) < 4.78 is 24.8. The van der Waals surface area contributed by atoms with E-state index in [-0.39, 0.29) is 5.75 Å². The van der Waals surface area contributed by atoms with Crippen molar-refractivity contribution in [3.63, 3.8) is 0 Å². The Morgan fingerprint density at radius 2 is 2.00 bits per heavy atom. The highest BCUT2D eigenvalue weighted by atomic mass is 32.2. The summed E-state index contributed by atoms with van der Waals surface area (Å²) in [6.07, 6.45) is 4.92. The van der Waals surface area contributed by atoms with Crippen LogP contribution in [0.1, 0.15) is 18.4 Å². The predicted octanol–water partition coefficient (Wildman–Crippen LogP) is 3.12. The summed E-state index contributed by atoms with van der Waals surface area (Å²) in [6, 6.07) is 9.74. The zero-order chi connectivity index (χ0) is 12.6. The third-order valence-corrected chi connectivity index (χ3v) is 3.17. The minimum Gasteiger partial charge on any atom is -0.221 e. The molecule has 0 fully saturated rings. The van der Waals surface area contributed by atoms with Gasteiger partial charge in [0.1, 0.15) is 0 Å². The van der Waals surface area contributed by atoms with Crippen molar-refractivity contribution < 1.29 is 8.42 Å². The summed E-state index contributed by atoms with van der Waals surface area (Å²) >= 11 is 0. The van der Waals surface area contributed by atoms with E-state index in [1.807, 2.05) is 42.5 Å². The Balaban J connectivity index is 2.35. The number of rotatable bonds is 6. The molecule has 17 heavy (non-hydrogen) atoms. The first-order valence-corrected chi connectivity index (χ1v) is 6.75. The molecule has 0 saturated heterocycles. The molecule has 0 radical (unpaired) electrons. The van der Waals surface area contributed by atoms with Crippen molar-refractivity contribution in [1.29, 1.82) is 0 Å². The first-order valence-electron chi connectivity index (χ1n) is 5.15. The van der Waals surface area contributed by atoms with Crippen LogP contribution in [0.25, 0.3) is 16.5 Å². The molecule has 0 aromatic heterocycles. The Bertz CT molecular complexity index is 517. The van der Waals surface area contributed by atoms with Gasteiger partial charge in [-0.15, -0.1) is 0 Å². The van der Waals surface area contributed by atoms with Gasteiger partial charge < -0.3 is 0 Å². The van der Waals surface area contributed by atoms with Crippen LogP contribution in [0.3, 0.4) is 0 Å². The zero-order valence-electron chi connectivity index (χ0n) is 9.23. The largest absolute Gasteiger partial charge is 0.235 e. The van der Waals surface area contributed by atoms with Gasteiger partial charge in [-0.2, -0.15) is 0 Å². The first-order chi connectivity index (χ1) is 8.14. The number of azide groups is 1. The van der Waals surface area contributed by atoms with Gasteiger partial charge in [0, 0.05) is 9.43 Å². The van der Waals surface area contributed by atoms with E-state index >= 15 is 0 Å². The van der Waals surface area contributed by atoms with Crippen LogP contribution >= 0.6 is 0 Å². The second-order valence-electron chi connectivity index (χ2n) is 3.41. The molecule has 0 amide bonds. The molecule has 1 aromatic rings. The summed E-state index contributed by atoms with van der Waals surface area (Å²) in [5.74, 6) is -0.115. The summed E-state index contributed by atoms with van der Waals surface area (Å²) in [4.78, 5) is 2.27. The molecule has 0 aliphatic heterocycles. The molecule has 90 valence electrons. The molecular formula is C11H13N3O2S. The number of nitrogens with zero attached hydrogens (tertiary/aromatic N) is 3. The van der Waals surface area contributed by atoms with Crippen LogP contribution in [0.2, 0.25) is 0 Å². The molecule has 6 heteroatoms. The van der Waals surface area contributed by atoms with Gasteiger partial charge in [-0.3, -0.25) is 0 Å². The fourth-order valence-corrected chi connectivity index (χ4v) is 1.99. The van der Waals surface area contributed by atoms with Gasteiger partial charge in [-0.25, -0.2) is 8.42 Å². The number of sulfonamides is 1.